The van der Waals surface area contributed by atoms with E-state index in [0.717, 1.165) is 33.5 Å². The predicted molar refractivity (Wildman–Crippen MR) is 128 cm³/mol. The lowest BCUT2D eigenvalue weighted by molar-refractivity contribution is 0.0982. The third kappa shape index (κ3) is 5.15. The summed E-state index contributed by atoms with van der Waals surface area (Å²) in [6.45, 7) is 8.64. The quantitative estimate of drug-likeness (QED) is 0.207. The van der Waals surface area contributed by atoms with Gasteiger partial charge in [0.25, 0.3) is 0 Å². The summed E-state index contributed by atoms with van der Waals surface area (Å²) in [5.41, 5.74) is 6.27. The highest BCUT2D eigenvalue weighted by Gasteiger charge is 2.10. The van der Waals surface area contributed by atoms with Gasteiger partial charge in [-0.25, -0.2) is 4.85 Å². The number of rotatable bonds is 8. The number of nitrogens with one attached hydrogen (secondary N) is 1. The Bertz CT molecular complexity index is 1230. The second-order valence-corrected chi connectivity index (χ2v) is 7.48. The van der Waals surface area contributed by atoms with Crippen LogP contribution in [0.2, 0.25) is 0 Å². The van der Waals surface area contributed by atoms with Gasteiger partial charge >= 0.3 is 0 Å². The molecule has 4 aromatic rings. The molecule has 0 unspecified atom stereocenters. The molecule has 4 nitrogen and oxygen atoms in total. The Morgan fingerprint density at radius 1 is 0.875 bits per heavy atom. The van der Waals surface area contributed by atoms with Crippen LogP contribution in [0.3, 0.4) is 0 Å². The standard InChI is InChI=1S/C28H23N3O/c1-29-25-18-26(22-8-4-2-5-9-22)28(31-20-25)24-14-12-21(13-15-24)19-30-17-16-27(32)23-10-6-3-7-11-23/h2-15,18,20,30H,16-17,19H2. The first-order chi connectivity index (χ1) is 15.7. The Balaban J connectivity index is 1.42. The number of carbonyl (C=O) groups is 1. The Morgan fingerprint density at radius 3 is 2.25 bits per heavy atom. The normalized spacial score (nSPS) is 10.5. The van der Waals surface area contributed by atoms with Gasteiger partial charge in [-0.1, -0.05) is 84.9 Å². The van der Waals surface area contributed by atoms with Gasteiger partial charge in [-0.2, -0.15) is 0 Å². The van der Waals surface area contributed by atoms with E-state index >= 15 is 0 Å². The highest BCUT2D eigenvalue weighted by atomic mass is 16.1. The minimum absolute atomic E-state index is 0.149. The molecule has 0 saturated carbocycles. The van der Waals surface area contributed by atoms with Crippen molar-refractivity contribution < 1.29 is 4.79 Å². The summed E-state index contributed by atoms with van der Waals surface area (Å²) in [4.78, 5) is 20.3. The molecular weight excluding hydrogens is 394 g/mol. The van der Waals surface area contributed by atoms with Gasteiger partial charge in [0.15, 0.2) is 5.78 Å². The molecule has 0 bridgehead atoms. The van der Waals surface area contributed by atoms with E-state index in [1.54, 1.807) is 6.20 Å². The molecule has 1 heterocycles. The zero-order chi connectivity index (χ0) is 22.2. The fourth-order valence-electron chi connectivity index (χ4n) is 3.57. The fraction of sp³-hybridized carbons (Fsp3) is 0.107. The molecule has 4 heteroatoms. The lowest BCUT2D eigenvalue weighted by atomic mass is 9.98. The molecule has 0 fully saturated rings. The van der Waals surface area contributed by atoms with Crippen molar-refractivity contribution in [3.8, 4) is 22.4 Å². The highest BCUT2D eigenvalue weighted by molar-refractivity contribution is 5.96. The summed E-state index contributed by atoms with van der Waals surface area (Å²) >= 11 is 0. The maximum atomic E-state index is 12.2. The molecule has 0 amide bonds. The second kappa shape index (κ2) is 10.3. The number of hydrogen-bond acceptors (Lipinski definition) is 3. The molecule has 0 radical (unpaired) electrons. The molecule has 1 N–H and O–H groups in total. The van der Waals surface area contributed by atoms with Gasteiger partial charge in [-0.3, -0.25) is 9.78 Å². The first-order valence-electron chi connectivity index (χ1n) is 10.6. The van der Waals surface area contributed by atoms with Crippen LogP contribution in [-0.2, 0) is 6.54 Å². The topological polar surface area (TPSA) is 46.4 Å². The molecule has 3 aromatic carbocycles. The average Bonchev–Trinajstić information content (AvgIpc) is 2.87. The molecule has 4 rings (SSSR count). The third-order valence-electron chi connectivity index (χ3n) is 5.27. The maximum absolute atomic E-state index is 12.2. The van der Waals surface area contributed by atoms with Gasteiger partial charge in [-0.15, -0.1) is 0 Å². The number of nitrogens with zero attached hydrogens (tertiary/aromatic N) is 2. The van der Waals surface area contributed by atoms with E-state index in [1.807, 2.05) is 66.7 Å². The molecular formula is C28H23N3O. The number of Topliss-reactive ketones (excluding diaryl/α,β-unsaturated/α-hetero) is 1. The van der Waals surface area contributed by atoms with Crippen molar-refractivity contribution in [1.29, 1.82) is 0 Å². The van der Waals surface area contributed by atoms with Gasteiger partial charge in [0.2, 0.25) is 5.69 Å². The van der Waals surface area contributed by atoms with Crippen molar-refractivity contribution >= 4 is 11.5 Å². The highest BCUT2D eigenvalue weighted by Crippen LogP contribution is 2.33. The van der Waals surface area contributed by atoms with Gasteiger partial charge in [0, 0.05) is 36.8 Å². The molecule has 0 aliphatic heterocycles. The Hall–Kier alpha value is -4.07. The van der Waals surface area contributed by atoms with Crippen LogP contribution in [0.5, 0.6) is 0 Å². The van der Waals surface area contributed by atoms with E-state index in [1.165, 1.54) is 0 Å². The van der Waals surface area contributed by atoms with Crippen molar-refractivity contribution in [2.75, 3.05) is 6.54 Å². The van der Waals surface area contributed by atoms with E-state index in [0.29, 0.717) is 25.2 Å². The minimum atomic E-state index is 0.149. The summed E-state index contributed by atoms with van der Waals surface area (Å²) in [6, 6.07) is 29.5. The van der Waals surface area contributed by atoms with Crippen LogP contribution in [0.4, 0.5) is 5.69 Å². The summed E-state index contributed by atoms with van der Waals surface area (Å²) in [6.07, 6.45) is 2.09. The van der Waals surface area contributed by atoms with Crippen molar-refractivity contribution in [3.05, 3.63) is 120 Å². The molecule has 0 atom stereocenters. The Morgan fingerprint density at radius 2 is 1.56 bits per heavy atom. The molecule has 0 saturated heterocycles. The number of benzene rings is 3. The number of hydrogen-bond donors (Lipinski definition) is 1. The average molecular weight is 418 g/mol. The predicted octanol–water partition coefficient (Wildman–Crippen LogP) is 6.33. The lowest BCUT2D eigenvalue weighted by Gasteiger charge is -2.11. The summed E-state index contributed by atoms with van der Waals surface area (Å²) in [5, 5.41) is 3.34. The van der Waals surface area contributed by atoms with Crippen molar-refractivity contribution in [3.63, 3.8) is 0 Å². The zero-order valence-electron chi connectivity index (χ0n) is 17.7. The van der Waals surface area contributed by atoms with Crippen molar-refractivity contribution in [1.82, 2.24) is 10.3 Å². The van der Waals surface area contributed by atoms with Crippen LogP contribution in [0, 0.1) is 6.57 Å². The molecule has 156 valence electrons. The number of pyridine rings is 1. The summed E-state index contributed by atoms with van der Waals surface area (Å²) < 4.78 is 0. The summed E-state index contributed by atoms with van der Waals surface area (Å²) in [5.74, 6) is 0.149. The zero-order valence-corrected chi connectivity index (χ0v) is 17.7. The Labute approximate surface area is 188 Å². The maximum Gasteiger partial charge on any atom is 0.205 e. The first kappa shape index (κ1) is 21.2. The van der Waals surface area contributed by atoms with E-state index in [9.17, 15) is 4.79 Å². The molecule has 0 aliphatic rings. The fourth-order valence-corrected chi connectivity index (χ4v) is 3.57. The third-order valence-corrected chi connectivity index (χ3v) is 5.27. The monoisotopic (exact) mass is 417 g/mol. The SMILES string of the molecule is [C-]#[N+]c1cnc(-c2ccc(CNCCC(=O)c3ccccc3)cc2)c(-c2ccccc2)c1. The molecule has 0 aliphatic carbocycles. The number of ketones is 1. The largest absolute Gasteiger partial charge is 0.312 e. The van der Waals surface area contributed by atoms with Crippen LogP contribution in [0.1, 0.15) is 22.3 Å². The minimum Gasteiger partial charge on any atom is -0.312 e. The van der Waals surface area contributed by atoms with Crippen LogP contribution in [0.15, 0.2) is 97.2 Å². The van der Waals surface area contributed by atoms with Gasteiger partial charge in [0.05, 0.1) is 12.3 Å². The van der Waals surface area contributed by atoms with Crippen LogP contribution in [0.25, 0.3) is 27.2 Å². The van der Waals surface area contributed by atoms with Crippen molar-refractivity contribution in [2.45, 2.75) is 13.0 Å². The van der Waals surface area contributed by atoms with Gasteiger partial charge < -0.3 is 5.32 Å². The van der Waals surface area contributed by atoms with Gasteiger partial charge in [0.1, 0.15) is 0 Å². The van der Waals surface area contributed by atoms with Crippen molar-refractivity contribution in [2.24, 2.45) is 0 Å². The first-order valence-corrected chi connectivity index (χ1v) is 10.6. The molecule has 1 aromatic heterocycles. The lowest BCUT2D eigenvalue weighted by Crippen LogP contribution is -2.17. The van der Waals surface area contributed by atoms with E-state index < -0.39 is 0 Å². The molecule has 32 heavy (non-hydrogen) atoms. The van der Waals surface area contributed by atoms with E-state index in [2.05, 4.69) is 39.4 Å². The second-order valence-electron chi connectivity index (χ2n) is 7.48. The number of aromatic nitrogens is 1. The van der Waals surface area contributed by atoms with Crippen LogP contribution in [-0.4, -0.2) is 17.3 Å². The number of carbonyl (C=O) groups excluding carboxylic acids is 1. The van der Waals surface area contributed by atoms with E-state index in [4.69, 9.17) is 6.57 Å². The molecule has 0 spiro atoms. The van der Waals surface area contributed by atoms with Crippen LogP contribution < -0.4 is 5.32 Å². The van der Waals surface area contributed by atoms with Gasteiger partial charge in [-0.05, 0) is 22.8 Å². The summed E-state index contributed by atoms with van der Waals surface area (Å²) in [7, 11) is 0. The smallest absolute Gasteiger partial charge is 0.205 e. The van der Waals surface area contributed by atoms with E-state index in [-0.39, 0.29) is 5.78 Å². The van der Waals surface area contributed by atoms with Crippen LogP contribution >= 0.6 is 0 Å². The Kier molecular flexibility index (Phi) is 6.81.